The first-order valence-electron chi connectivity index (χ1n) is 16.5. The molecule has 1 amide bonds. The summed E-state index contributed by atoms with van der Waals surface area (Å²) < 4.78 is 96.1. The van der Waals surface area contributed by atoms with Crippen LogP contribution in [-0.2, 0) is 42.1 Å². The maximum absolute atomic E-state index is 16.3. The van der Waals surface area contributed by atoms with Crippen molar-refractivity contribution in [1.82, 2.24) is 43.8 Å². The van der Waals surface area contributed by atoms with Gasteiger partial charge in [0, 0.05) is 12.0 Å². The van der Waals surface area contributed by atoms with Crippen LogP contribution in [0.3, 0.4) is 0 Å². The third-order valence-electron chi connectivity index (χ3n) is 8.87. The summed E-state index contributed by atoms with van der Waals surface area (Å²) in [5.74, 6) is -0.326. The zero-order valence-electron chi connectivity index (χ0n) is 28.1. The second kappa shape index (κ2) is 14.9. The number of phosphoric ester groups is 1. The number of nitrogens with zero attached hydrogens (tertiary/aromatic N) is 8. The lowest BCUT2D eigenvalue weighted by Crippen LogP contribution is -2.45. The third-order valence-corrected chi connectivity index (χ3v) is 11.4. The molecule has 22 nitrogen and oxygen atoms in total. The number of amides is 1. The number of phosphoric acid groups is 1. The van der Waals surface area contributed by atoms with Gasteiger partial charge in [-0.2, -0.15) is 18.4 Å². The van der Waals surface area contributed by atoms with Gasteiger partial charge in [0.15, 0.2) is 40.5 Å². The Hall–Kier alpha value is -5.09. The Labute approximate surface area is 308 Å². The predicted octanol–water partition coefficient (Wildman–Crippen LogP) is 1.41. The molecule has 1 unspecified atom stereocenters. The molecule has 0 bridgehead atoms. The number of aromatic amines is 1. The van der Waals surface area contributed by atoms with Crippen molar-refractivity contribution in [3.05, 3.63) is 71.6 Å². The number of rotatable bonds is 7. The first kappa shape index (κ1) is 36.9. The van der Waals surface area contributed by atoms with Gasteiger partial charge in [-0.25, -0.2) is 33.9 Å². The average Bonchev–Trinajstić information content (AvgIpc) is 3.96. The van der Waals surface area contributed by atoms with Gasteiger partial charge in [0.25, 0.3) is 11.5 Å². The normalized spacial score (nSPS) is 29.5. The number of hydrogen-bond acceptors (Lipinski definition) is 17. The van der Waals surface area contributed by atoms with E-state index in [1.165, 1.54) is 17.2 Å². The van der Waals surface area contributed by atoms with E-state index in [0.29, 0.717) is 5.56 Å². The van der Waals surface area contributed by atoms with Crippen LogP contribution >= 0.6 is 7.82 Å². The highest BCUT2D eigenvalue weighted by atomic mass is 32.2. The van der Waals surface area contributed by atoms with E-state index in [2.05, 4.69) is 39.9 Å². The average molecular weight is 802 g/mol. The van der Waals surface area contributed by atoms with Crippen LogP contribution in [0.2, 0.25) is 0 Å². The number of anilines is 1. The van der Waals surface area contributed by atoms with Crippen molar-refractivity contribution in [1.29, 1.82) is 5.26 Å². The molecule has 55 heavy (non-hydrogen) atoms. The minimum absolute atomic E-state index is 0.0570. The molecule has 288 valence electrons. The zero-order valence-corrected chi connectivity index (χ0v) is 29.8. The van der Waals surface area contributed by atoms with Gasteiger partial charge in [-0.1, -0.05) is 18.2 Å². The van der Waals surface area contributed by atoms with E-state index in [1.807, 2.05) is 6.07 Å². The first-order chi connectivity index (χ1) is 26.5. The lowest BCUT2D eigenvalue weighted by molar-refractivity contribution is -0.0499. The van der Waals surface area contributed by atoms with Gasteiger partial charge in [-0.15, -0.1) is 0 Å². The SMILES string of the molecule is N#CCCOP1(=O)OC[C@H]2O[C@@H](n3cnc4c(NC(=O)c5ccccc5)ncnc43)C[C@@H]2NS(=O)(=O)OC[C@H]2O[C@@H](n3cnc4c(=O)[nH]cnc43)[C@H](F)[C@@H]2O1. The van der Waals surface area contributed by atoms with Gasteiger partial charge in [0.05, 0.1) is 57.3 Å². The summed E-state index contributed by atoms with van der Waals surface area (Å²) in [6, 6.07) is 9.19. The highest BCUT2D eigenvalue weighted by Crippen LogP contribution is 2.54. The lowest BCUT2D eigenvalue weighted by atomic mass is 10.1. The summed E-state index contributed by atoms with van der Waals surface area (Å²) in [4.78, 5) is 48.2. The van der Waals surface area contributed by atoms with Gasteiger partial charge in [-0.3, -0.25) is 36.5 Å². The fourth-order valence-electron chi connectivity index (χ4n) is 6.32. The van der Waals surface area contributed by atoms with Crippen molar-refractivity contribution >= 4 is 52.2 Å². The molecule has 0 spiro atoms. The molecule has 0 saturated carbocycles. The number of hydrogen-bond donors (Lipinski definition) is 3. The Bertz CT molecular complexity index is 2500. The standard InChI is InChI=1S/C30H29FN11O11PS/c31-21-24-19(52-30(21)42-15-38-23-27(42)35-13-36-29(23)44)11-50-55(46,47)40-17-9-20(51-18(17)10-49-54(45,53-24)48-8-4-7-32)41-14-37-22-25(33-12-34-26(22)41)39-28(43)16-5-2-1-3-6-16/h1-3,5-6,12-15,17-21,24,30,40H,4,8-11H2,(H,35,36,44)(H,33,34,39,43)/t17-,18+,19+,20+,21+,24+,30+,54?/m0/s1. The molecule has 8 rings (SSSR count). The second-order valence-corrected chi connectivity index (χ2v) is 15.3. The van der Waals surface area contributed by atoms with Crippen LogP contribution in [0, 0.1) is 11.3 Å². The number of H-pyrrole nitrogens is 1. The first-order valence-corrected chi connectivity index (χ1v) is 19.4. The molecule has 5 aromatic rings. The summed E-state index contributed by atoms with van der Waals surface area (Å²) in [6.07, 6.45) is -4.83. The van der Waals surface area contributed by atoms with Crippen molar-refractivity contribution in [3.63, 3.8) is 0 Å². The number of aromatic nitrogens is 8. The molecular weight excluding hydrogens is 772 g/mol. The summed E-state index contributed by atoms with van der Waals surface area (Å²) >= 11 is 0. The minimum atomic E-state index is -4.77. The molecule has 3 N–H and O–H groups in total. The number of imidazole rings is 2. The van der Waals surface area contributed by atoms with E-state index in [4.69, 9.17) is 32.5 Å². The number of fused-ring (bicyclic) bond motifs is 4. The smallest absolute Gasteiger partial charge is 0.351 e. The number of halogens is 1. The van der Waals surface area contributed by atoms with E-state index in [1.54, 1.807) is 30.3 Å². The van der Waals surface area contributed by atoms with Crippen LogP contribution in [0.15, 0.2) is 60.4 Å². The minimum Gasteiger partial charge on any atom is -0.351 e. The highest BCUT2D eigenvalue weighted by Gasteiger charge is 2.53. The summed E-state index contributed by atoms with van der Waals surface area (Å²) in [5, 5.41) is 11.8. The molecule has 25 heteroatoms. The zero-order chi connectivity index (χ0) is 38.3. The van der Waals surface area contributed by atoms with Crippen molar-refractivity contribution in [2.75, 3.05) is 25.1 Å². The fraction of sp³-hybridized carbons (Fsp3) is 0.400. The number of nitriles is 1. The number of nitrogens with one attached hydrogen (secondary N) is 3. The molecule has 3 aliphatic rings. The quantitative estimate of drug-likeness (QED) is 0.155. The maximum atomic E-state index is 16.3. The Morgan fingerprint density at radius 1 is 1.05 bits per heavy atom. The second-order valence-electron chi connectivity index (χ2n) is 12.3. The number of carbonyl (C=O) groups is 1. The number of benzene rings is 1. The molecule has 8 atom stereocenters. The van der Waals surface area contributed by atoms with Gasteiger partial charge in [0.1, 0.15) is 30.9 Å². The summed E-state index contributed by atoms with van der Waals surface area (Å²) in [6.45, 7) is -1.89. The Morgan fingerprint density at radius 2 is 1.84 bits per heavy atom. The van der Waals surface area contributed by atoms with Crippen LogP contribution < -0.4 is 15.6 Å². The topological polar surface area (TPSA) is 279 Å². The Morgan fingerprint density at radius 3 is 2.65 bits per heavy atom. The van der Waals surface area contributed by atoms with Gasteiger partial charge < -0.3 is 19.8 Å². The number of ether oxygens (including phenoxy) is 2. The van der Waals surface area contributed by atoms with Crippen molar-refractivity contribution in [3.8, 4) is 6.07 Å². The van der Waals surface area contributed by atoms with Crippen LogP contribution in [0.5, 0.6) is 0 Å². The van der Waals surface area contributed by atoms with Gasteiger partial charge in [-0.05, 0) is 12.1 Å². The van der Waals surface area contributed by atoms with E-state index >= 15 is 4.39 Å². The maximum Gasteiger partial charge on any atom is 0.475 e. The largest absolute Gasteiger partial charge is 0.475 e. The summed E-state index contributed by atoms with van der Waals surface area (Å²) in [7, 11) is -9.38. The van der Waals surface area contributed by atoms with Crippen LogP contribution in [-0.4, -0.2) is 104 Å². The molecule has 1 aromatic carbocycles. The Balaban J connectivity index is 1.06. The van der Waals surface area contributed by atoms with Crippen molar-refractivity contribution < 1.29 is 49.4 Å². The molecular formula is C30H29FN11O11PS. The van der Waals surface area contributed by atoms with Gasteiger partial charge in [0.2, 0.25) is 0 Å². The van der Waals surface area contributed by atoms with Crippen LogP contribution in [0.4, 0.5) is 10.2 Å². The van der Waals surface area contributed by atoms with Crippen molar-refractivity contribution in [2.45, 2.75) is 55.8 Å². The van der Waals surface area contributed by atoms with E-state index in [0.717, 1.165) is 17.2 Å². The van der Waals surface area contributed by atoms with Gasteiger partial charge >= 0.3 is 18.1 Å². The molecule has 3 fully saturated rings. The van der Waals surface area contributed by atoms with E-state index in [-0.39, 0.29) is 41.0 Å². The molecule has 0 aliphatic carbocycles. The lowest BCUT2D eigenvalue weighted by Gasteiger charge is -2.28. The highest BCUT2D eigenvalue weighted by molar-refractivity contribution is 7.84. The third kappa shape index (κ3) is 7.36. The van der Waals surface area contributed by atoms with Crippen LogP contribution in [0.1, 0.15) is 35.7 Å². The fourth-order valence-corrected chi connectivity index (χ4v) is 8.71. The van der Waals surface area contributed by atoms with E-state index in [9.17, 15) is 22.6 Å². The molecule has 4 aromatic heterocycles. The van der Waals surface area contributed by atoms with Crippen molar-refractivity contribution in [2.24, 2.45) is 0 Å². The summed E-state index contributed by atoms with van der Waals surface area (Å²) in [5.41, 5.74) is 0.0342. The molecule has 3 saturated heterocycles. The monoisotopic (exact) mass is 801 g/mol. The molecule has 0 radical (unpaired) electrons. The predicted molar refractivity (Wildman–Crippen MR) is 182 cm³/mol. The molecule has 7 heterocycles. The Kier molecular flexibility index (Phi) is 9.96. The molecule has 3 aliphatic heterocycles. The van der Waals surface area contributed by atoms with E-state index < -0.39 is 92.4 Å². The van der Waals surface area contributed by atoms with Crippen LogP contribution in [0.25, 0.3) is 22.3 Å². The number of alkyl halides is 1. The number of carbonyl (C=O) groups excluding carboxylic acids is 1.